The van der Waals surface area contributed by atoms with Crippen molar-refractivity contribution >= 4 is 33.7 Å². The average molecular weight is 597 g/mol. The standard InChI is InChI=1S/C28H38BrNO8/c1-19-23(20-14-10-9-11-15-20)37-27(34)30(19)26(33)25(36-2)24-21(32)18-22(29)28(35,38-24)16-12-7-5-3-4-6-8-13-17-31/h9-11,14-15,18-19,23-25,31,35H,3-8,12-13,16-17H2,1-2H3. The molecule has 0 bridgehead atoms. The van der Waals surface area contributed by atoms with E-state index >= 15 is 0 Å². The van der Waals surface area contributed by atoms with Gasteiger partial charge >= 0.3 is 6.09 Å². The fourth-order valence-electron chi connectivity index (χ4n) is 4.91. The van der Waals surface area contributed by atoms with Crippen LogP contribution in [0.15, 0.2) is 40.9 Å². The highest BCUT2D eigenvalue weighted by molar-refractivity contribution is 9.11. The summed E-state index contributed by atoms with van der Waals surface area (Å²) in [6.45, 7) is 1.92. The van der Waals surface area contributed by atoms with Crippen LogP contribution in [0.25, 0.3) is 0 Å². The van der Waals surface area contributed by atoms with Crippen molar-refractivity contribution in [3.8, 4) is 0 Å². The van der Waals surface area contributed by atoms with Gasteiger partial charge in [-0.3, -0.25) is 9.59 Å². The second kappa shape index (κ2) is 14.3. The summed E-state index contributed by atoms with van der Waals surface area (Å²) in [7, 11) is 1.26. The van der Waals surface area contributed by atoms with Gasteiger partial charge in [-0.1, -0.05) is 68.9 Å². The van der Waals surface area contributed by atoms with Crippen molar-refractivity contribution in [1.29, 1.82) is 0 Å². The van der Waals surface area contributed by atoms with Crippen molar-refractivity contribution in [1.82, 2.24) is 4.90 Å². The molecule has 2 N–H and O–H groups in total. The number of carbonyl (C=O) groups excluding carboxylic acids is 3. The van der Waals surface area contributed by atoms with Crippen LogP contribution in [0.2, 0.25) is 0 Å². The summed E-state index contributed by atoms with van der Waals surface area (Å²) in [5, 5.41) is 20.1. The van der Waals surface area contributed by atoms with Crippen molar-refractivity contribution in [2.45, 2.75) is 94.9 Å². The van der Waals surface area contributed by atoms with Crippen LogP contribution in [0.4, 0.5) is 4.79 Å². The van der Waals surface area contributed by atoms with Gasteiger partial charge in [-0.05, 0) is 47.3 Å². The summed E-state index contributed by atoms with van der Waals surface area (Å²) in [6, 6.07) is 8.45. The summed E-state index contributed by atoms with van der Waals surface area (Å²) in [6.07, 6.45) is 4.70. The molecular weight excluding hydrogens is 558 g/mol. The number of imide groups is 1. The van der Waals surface area contributed by atoms with Crippen molar-refractivity contribution in [3.63, 3.8) is 0 Å². The number of hydrogen-bond acceptors (Lipinski definition) is 8. The van der Waals surface area contributed by atoms with Gasteiger partial charge in [-0.25, -0.2) is 9.69 Å². The number of ketones is 1. The zero-order valence-electron chi connectivity index (χ0n) is 22.0. The highest BCUT2D eigenvalue weighted by Gasteiger charge is 2.51. The first-order chi connectivity index (χ1) is 18.2. The maximum absolute atomic E-state index is 13.5. The molecule has 2 heterocycles. The molecule has 1 aromatic rings. The molecule has 0 radical (unpaired) electrons. The minimum atomic E-state index is -1.79. The number of amides is 2. The maximum atomic E-state index is 13.5. The lowest BCUT2D eigenvalue weighted by Crippen LogP contribution is -2.56. The Morgan fingerprint density at radius 1 is 1.08 bits per heavy atom. The smallest absolute Gasteiger partial charge is 0.417 e. The van der Waals surface area contributed by atoms with Gasteiger partial charge in [0.1, 0.15) is 6.10 Å². The first-order valence-corrected chi connectivity index (χ1v) is 14.1. The van der Waals surface area contributed by atoms with Crippen LogP contribution < -0.4 is 0 Å². The lowest BCUT2D eigenvalue weighted by Gasteiger charge is -2.38. The lowest BCUT2D eigenvalue weighted by atomic mass is 9.97. The molecule has 2 aliphatic heterocycles. The zero-order chi connectivity index (χ0) is 27.7. The van der Waals surface area contributed by atoms with Crippen LogP contribution in [0, 0.1) is 0 Å². The molecular formula is C28H38BrNO8. The fraction of sp³-hybridized carbons (Fsp3) is 0.607. The van der Waals surface area contributed by atoms with Crippen LogP contribution in [-0.2, 0) is 23.8 Å². The van der Waals surface area contributed by atoms with Crippen LogP contribution in [0.3, 0.4) is 0 Å². The Labute approximate surface area is 232 Å². The minimum absolute atomic E-state index is 0.190. The van der Waals surface area contributed by atoms with E-state index in [-0.39, 0.29) is 17.5 Å². The molecule has 0 saturated carbocycles. The fourth-order valence-corrected chi connectivity index (χ4v) is 5.42. The molecule has 0 aromatic heterocycles. The summed E-state index contributed by atoms with van der Waals surface area (Å²) >= 11 is 3.26. The molecule has 5 atom stereocenters. The van der Waals surface area contributed by atoms with Gasteiger partial charge in [0, 0.05) is 20.1 Å². The van der Waals surface area contributed by atoms with Crippen LogP contribution >= 0.6 is 15.9 Å². The Balaban J connectivity index is 1.62. The monoisotopic (exact) mass is 595 g/mol. The highest BCUT2D eigenvalue weighted by atomic mass is 79.9. The molecule has 10 heteroatoms. The molecule has 1 aromatic carbocycles. The third kappa shape index (κ3) is 7.30. The Morgan fingerprint density at radius 3 is 2.29 bits per heavy atom. The second-order valence-electron chi connectivity index (χ2n) is 9.84. The summed E-state index contributed by atoms with van der Waals surface area (Å²) in [5.74, 6) is -3.11. The second-order valence-corrected chi connectivity index (χ2v) is 10.7. The molecule has 2 amide bonds. The molecule has 1 fully saturated rings. The number of aliphatic hydroxyl groups excluding tert-OH is 1. The van der Waals surface area contributed by atoms with Gasteiger partial charge in [0.05, 0.1) is 10.5 Å². The molecule has 1 saturated heterocycles. The van der Waals surface area contributed by atoms with Crippen molar-refractivity contribution < 1.29 is 38.8 Å². The summed E-state index contributed by atoms with van der Waals surface area (Å²) in [5.41, 5.74) is 0.744. The van der Waals surface area contributed by atoms with E-state index in [1.54, 1.807) is 6.92 Å². The number of aliphatic hydroxyl groups is 2. The predicted molar refractivity (Wildman–Crippen MR) is 143 cm³/mol. The molecule has 9 nitrogen and oxygen atoms in total. The van der Waals surface area contributed by atoms with E-state index in [0.29, 0.717) is 6.42 Å². The number of unbranched alkanes of at least 4 members (excludes halogenated alkanes) is 7. The van der Waals surface area contributed by atoms with Gasteiger partial charge in [0.2, 0.25) is 0 Å². The van der Waals surface area contributed by atoms with E-state index in [1.165, 1.54) is 13.2 Å². The third-order valence-corrected chi connectivity index (χ3v) is 7.92. The Hall–Kier alpha value is -2.11. The number of ether oxygens (including phenoxy) is 3. The molecule has 3 rings (SSSR count). The first kappa shape index (κ1) is 30.4. The van der Waals surface area contributed by atoms with Gasteiger partial charge in [-0.2, -0.15) is 0 Å². The van der Waals surface area contributed by atoms with Crippen LogP contribution in [-0.4, -0.2) is 70.7 Å². The number of benzene rings is 1. The van der Waals surface area contributed by atoms with E-state index in [9.17, 15) is 19.5 Å². The van der Waals surface area contributed by atoms with E-state index < -0.39 is 47.9 Å². The van der Waals surface area contributed by atoms with E-state index in [1.807, 2.05) is 30.3 Å². The van der Waals surface area contributed by atoms with E-state index in [0.717, 1.165) is 55.4 Å². The van der Waals surface area contributed by atoms with Gasteiger partial charge in [0.15, 0.2) is 23.8 Å². The summed E-state index contributed by atoms with van der Waals surface area (Å²) < 4.78 is 16.9. The lowest BCUT2D eigenvalue weighted by molar-refractivity contribution is -0.227. The number of halogens is 1. The largest absolute Gasteiger partial charge is 0.439 e. The Morgan fingerprint density at radius 2 is 1.68 bits per heavy atom. The van der Waals surface area contributed by atoms with Gasteiger partial charge in [0.25, 0.3) is 5.91 Å². The SMILES string of the molecule is COC(C(=O)N1C(=O)OC(c2ccccc2)C1C)C1OC(O)(CCCCCCCCCCO)C(Br)=CC1=O. The first-order valence-electron chi connectivity index (χ1n) is 13.3. The molecule has 0 spiro atoms. The molecule has 2 aliphatic rings. The van der Waals surface area contributed by atoms with Gasteiger partial charge in [-0.15, -0.1) is 0 Å². The van der Waals surface area contributed by atoms with E-state index in [4.69, 9.17) is 19.3 Å². The van der Waals surface area contributed by atoms with Crippen LogP contribution in [0.1, 0.15) is 76.4 Å². The number of hydrogen-bond donors (Lipinski definition) is 2. The number of rotatable bonds is 14. The third-order valence-electron chi connectivity index (χ3n) is 7.08. The average Bonchev–Trinajstić information content (AvgIpc) is 3.20. The Bertz CT molecular complexity index is 986. The summed E-state index contributed by atoms with van der Waals surface area (Å²) in [4.78, 5) is 40.0. The van der Waals surface area contributed by atoms with Gasteiger partial charge < -0.3 is 24.4 Å². The normalized spacial score (nSPS) is 26.3. The minimum Gasteiger partial charge on any atom is -0.439 e. The number of carbonyl (C=O) groups is 3. The molecule has 38 heavy (non-hydrogen) atoms. The highest BCUT2D eigenvalue weighted by Crippen LogP contribution is 2.38. The number of methoxy groups -OCH3 is 1. The molecule has 210 valence electrons. The Kier molecular flexibility index (Phi) is 11.5. The van der Waals surface area contributed by atoms with Crippen molar-refractivity contribution in [2.24, 2.45) is 0 Å². The quantitative estimate of drug-likeness (QED) is 0.300. The topological polar surface area (TPSA) is 123 Å². The van der Waals surface area contributed by atoms with Crippen molar-refractivity contribution in [2.75, 3.05) is 13.7 Å². The van der Waals surface area contributed by atoms with E-state index in [2.05, 4.69) is 15.9 Å². The van der Waals surface area contributed by atoms with Crippen LogP contribution in [0.5, 0.6) is 0 Å². The zero-order valence-corrected chi connectivity index (χ0v) is 23.6. The van der Waals surface area contributed by atoms with Crippen molar-refractivity contribution in [3.05, 3.63) is 46.5 Å². The number of nitrogens with zero attached hydrogens (tertiary/aromatic N) is 1. The number of cyclic esters (lactones) is 1. The maximum Gasteiger partial charge on any atom is 0.417 e. The molecule has 5 unspecified atom stereocenters. The predicted octanol–water partition coefficient (Wildman–Crippen LogP) is 4.55. The molecule has 0 aliphatic carbocycles.